The Morgan fingerprint density at radius 2 is 1.85 bits per heavy atom. The largest absolute Gasteiger partial charge is 0.507 e. The maximum atomic E-state index is 11.8. The summed E-state index contributed by atoms with van der Waals surface area (Å²) in [5.74, 6) is -0.371. The van der Waals surface area contributed by atoms with E-state index in [-0.39, 0.29) is 23.4 Å². The van der Waals surface area contributed by atoms with Gasteiger partial charge in [0.05, 0.1) is 10.6 Å². The molecule has 146 valence electrons. The van der Waals surface area contributed by atoms with Crippen molar-refractivity contribution < 1.29 is 31.3 Å². The van der Waals surface area contributed by atoms with Crippen LogP contribution in [0, 0.1) is 0 Å². The minimum absolute atomic E-state index is 0.00760. The molecule has 2 aromatic carbocycles. The molecule has 0 unspecified atom stereocenters. The van der Waals surface area contributed by atoms with E-state index < -0.39 is 30.9 Å². The third kappa shape index (κ3) is 5.67. The van der Waals surface area contributed by atoms with E-state index in [1.807, 2.05) is 0 Å². The zero-order valence-electron chi connectivity index (χ0n) is 14.2. The first kappa shape index (κ1) is 20.7. The van der Waals surface area contributed by atoms with Crippen molar-refractivity contribution in [3.63, 3.8) is 0 Å². The highest BCUT2D eigenvalue weighted by Gasteiger charge is 2.14. The molecule has 0 heterocycles. The quantitative estimate of drug-likeness (QED) is 0.527. The predicted molar refractivity (Wildman–Crippen MR) is 101 cm³/mol. The first-order chi connectivity index (χ1) is 12.5. The number of anilines is 1. The van der Waals surface area contributed by atoms with Crippen LogP contribution >= 0.6 is 0 Å². The van der Waals surface area contributed by atoms with E-state index in [0.29, 0.717) is 11.1 Å². The highest BCUT2D eigenvalue weighted by Crippen LogP contribution is 2.30. The number of rotatable bonds is 6. The molecule has 0 fully saturated rings. The second kappa shape index (κ2) is 7.94. The summed E-state index contributed by atoms with van der Waals surface area (Å²) in [6.45, 7) is 1.50. The first-order valence-corrected chi connectivity index (χ1v) is 10.9. The number of urea groups is 1. The average Bonchev–Trinajstić information content (AvgIpc) is 2.57. The molecule has 0 aliphatic heterocycles. The molecular weight excluding hydrogens is 396 g/mol. The molecule has 0 atom stereocenters. The van der Waals surface area contributed by atoms with E-state index in [1.165, 1.54) is 31.2 Å². The zero-order valence-corrected chi connectivity index (χ0v) is 15.8. The maximum Gasteiger partial charge on any atom is 0.319 e. The molecule has 0 saturated carbocycles. The summed E-state index contributed by atoms with van der Waals surface area (Å²) in [6.07, 6.45) is 1.30. The van der Waals surface area contributed by atoms with Gasteiger partial charge in [-0.15, -0.1) is 0 Å². The van der Waals surface area contributed by atoms with E-state index in [9.17, 15) is 26.7 Å². The van der Waals surface area contributed by atoms with Crippen molar-refractivity contribution in [2.45, 2.75) is 11.8 Å². The lowest BCUT2D eigenvalue weighted by Gasteiger charge is -2.09. The number of aromatic hydroxyl groups is 1. The Hall–Kier alpha value is -2.63. The second-order valence-electron chi connectivity index (χ2n) is 5.51. The van der Waals surface area contributed by atoms with Crippen molar-refractivity contribution in [1.29, 1.82) is 0 Å². The summed E-state index contributed by atoms with van der Waals surface area (Å²) in [4.78, 5) is 11.4. The van der Waals surface area contributed by atoms with Crippen LogP contribution < -0.4 is 10.6 Å². The van der Waals surface area contributed by atoms with Crippen LogP contribution in [-0.4, -0.2) is 44.8 Å². The van der Waals surface area contributed by atoms with Crippen molar-refractivity contribution >= 4 is 42.4 Å². The van der Waals surface area contributed by atoms with E-state index >= 15 is 0 Å². The molecule has 0 aromatic heterocycles. The van der Waals surface area contributed by atoms with Gasteiger partial charge in [0.1, 0.15) is 5.75 Å². The number of sulfone groups is 1. The van der Waals surface area contributed by atoms with Crippen LogP contribution in [0.3, 0.4) is 0 Å². The highest BCUT2D eigenvalue weighted by atomic mass is 32.2. The smallest absolute Gasteiger partial charge is 0.319 e. The summed E-state index contributed by atoms with van der Waals surface area (Å²) >= 11 is 0. The molecule has 27 heavy (non-hydrogen) atoms. The third-order valence-corrected chi connectivity index (χ3v) is 5.79. The van der Waals surface area contributed by atoms with E-state index in [0.717, 1.165) is 17.5 Å². The molecule has 0 aliphatic carbocycles. The summed E-state index contributed by atoms with van der Waals surface area (Å²) in [6, 6.07) is 5.86. The third-order valence-electron chi connectivity index (χ3n) is 3.55. The molecule has 0 aliphatic rings. The van der Waals surface area contributed by atoms with Gasteiger partial charge in [-0.1, -0.05) is 13.0 Å². The lowest BCUT2D eigenvalue weighted by atomic mass is 10.1. The fourth-order valence-electron chi connectivity index (χ4n) is 2.17. The molecule has 0 bridgehead atoms. The van der Waals surface area contributed by atoms with Crippen LogP contribution in [0.2, 0.25) is 0 Å². The number of benzene rings is 2. The summed E-state index contributed by atoms with van der Waals surface area (Å²) in [5.41, 5.74) is 0.303. The van der Waals surface area contributed by atoms with Crippen LogP contribution in [-0.2, 0) is 20.0 Å². The second-order valence-corrected chi connectivity index (χ2v) is 9.11. The van der Waals surface area contributed by atoms with Crippen LogP contribution in [0.15, 0.2) is 46.7 Å². The van der Waals surface area contributed by atoms with Gasteiger partial charge in [0.25, 0.3) is 10.1 Å². The van der Waals surface area contributed by atoms with Gasteiger partial charge in [0, 0.05) is 29.1 Å². The Bertz CT molecular complexity index is 1110. The van der Waals surface area contributed by atoms with Crippen molar-refractivity contribution in [2.75, 3.05) is 17.6 Å². The van der Waals surface area contributed by atoms with Gasteiger partial charge in [0.2, 0.25) is 0 Å². The van der Waals surface area contributed by atoms with E-state index in [2.05, 4.69) is 10.6 Å². The molecule has 0 spiro atoms. The van der Waals surface area contributed by atoms with Gasteiger partial charge < -0.3 is 15.7 Å². The molecule has 0 radical (unpaired) electrons. The Morgan fingerprint density at radius 1 is 1.15 bits per heavy atom. The standard InChI is InChI=1S/C16H18N2O7S2/c1-2-26(21,22)7-3-6-17-16(20)18-12-4-5-14-11(8-12)9-13(10-15(14)19)27(23,24)25/h3-5,7-10,19H,2,6H2,1H3,(H2,17,18,20)(H,23,24,25). The maximum absolute atomic E-state index is 11.8. The Labute approximate surface area is 156 Å². The number of carbonyl (C=O) groups excluding carboxylic acids is 1. The lowest BCUT2D eigenvalue weighted by Crippen LogP contribution is -2.28. The molecule has 0 saturated heterocycles. The topological polar surface area (TPSA) is 150 Å². The van der Waals surface area contributed by atoms with Gasteiger partial charge in [0.15, 0.2) is 9.84 Å². The van der Waals surface area contributed by atoms with Crippen molar-refractivity contribution in [1.82, 2.24) is 5.32 Å². The highest BCUT2D eigenvalue weighted by molar-refractivity contribution is 7.94. The first-order valence-electron chi connectivity index (χ1n) is 7.70. The number of phenols is 1. The summed E-state index contributed by atoms with van der Waals surface area (Å²) in [5, 5.41) is 16.5. The predicted octanol–water partition coefficient (Wildman–Crippen LogP) is 1.86. The number of fused-ring (bicyclic) bond motifs is 1. The van der Waals surface area contributed by atoms with E-state index in [1.54, 1.807) is 0 Å². The molecule has 2 aromatic rings. The van der Waals surface area contributed by atoms with Crippen LogP contribution in [0.4, 0.5) is 10.5 Å². The molecule has 2 amide bonds. The average molecular weight is 414 g/mol. The molecule has 2 rings (SSSR count). The van der Waals surface area contributed by atoms with Gasteiger partial charge in [-0.3, -0.25) is 4.55 Å². The fourth-order valence-corrected chi connectivity index (χ4v) is 3.29. The number of nitrogens with one attached hydrogen (secondary N) is 2. The fraction of sp³-hybridized carbons (Fsp3) is 0.188. The van der Waals surface area contributed by atoms with Gasteiger partial charge in [-0.25, -0.2) is 13.2 Å². The number of carbonyl (C=O) groups is 1. The Balaban J connectivity index is 2.14. The summed E-state index contributed by atoms with van der Waals surface area (Å²) < 4.78 is 54.2. The lowest BCUT2D eigenvalue weighted by molar-refractivity contribution is 0.253. The monoisotopic (exact) mass is 414 g/mol. The molecule has 9 nitrogen and oxygen atoms in total. The Kier molecular flexibility index (Phi) is 6.08. The number of hydrogen-bond acceptors (Lipinski definition) is 6. The Morgan fingerprint density at radius 3 is 2.48 bits per heavy atom. The summed E-state index contributed by atoms with van der Waals surface area (Å²) in [7, 11) is -7.76. The van der Waals surface area contributed by atoms with Gasteiger partial charge in [-0.2, -0.15) is 8.42 Å². The van der Waals surface area contributed by atoms with Crippen molar-refractivity contribution in [2.24, 2.45) is 0 Å². The molecule has 4 N–H and O–H groups in total. The van der Waals surface area contributed by atoms with Gasteiger partial charge >= 0.3 is 6.03 Å². The van der Waals surface area contributed by atoms with Crippen molar-refractivity contribution in [3.8, 4) is 5.75 Å². The normalized spacial score (nSPS) is 12.4. The molecule has 11 heteroatoms. The van der Waals surface area contributed by atoms with Crippen molar-refractivity contribution in [3.05, 3.63) is 41.8 Å². The van der Waals surface area contributed by atoms with Gasteiger partial charge in [-0.05, 0) is 29.7 Å². The minimum atomic E-state index is -4.50. The number of amides is 2. The SMILES string of the molecule is CCS(=O)(=O)C=CCNC(=O)Nc1ccc2c(O)cc(S(=O)(=O)O)cc2c1. The van der Waals surface area contributed by atoms with E-state index in [4.69, 9.17) is 4.55 Å². The number of phenolic OH excluding ortho intramolecular Hbond substituents is 1. The zero-order chi connectivity index (χ0) is 20.2. The van der Waals surface area contributed by atoms with Crippen LogP contribution in [0.5, 0.6) is 5.75 Å². The van der Waals surface area contributed by atoms with Crippen LogP contribution in [0.25, 0.3) is 10.8 Å². The molecular formula is C16H18N2O7S2. The minimum Gasteiger partial charge on any atom is -0.507 e. The number of hydrogen-bond donors (Lipinski definition) is 4. The van der Waals surface area contributed by atoms with Crippen LogP contribution in [0.1, 0.15) is 6.92 Å².